The Morgan fingerprint density at radius 2 is 2.08 bits per heavy atom. The molecule has 0 aliphatic heterocycles. The van der Waals surface area contributed by atoms with Crippen LogP contribution in [0.15, 0.2) is 41.2 Å². The monoisotopic (exact) mass is 353 g/mol. The summed E-state index contributed by atoms with van der Waals surface area (Å²) < 4.78 is 0. The lowest BCUT2D eigenvalue weighted by Crippen LogP contribution is -2.28. The number of hydrogen-bond acceptors (Lipinski definition) is 4. The molecule has 0 amide bonds. The second kappa shape index (κ2) is 7.10. The van der Waals surface area contributed by atoms with Crippen molar-refractivity contribution in [3.05, 3.63) is 52.6 Å². The Labute approximate surface area is 151 Å². The lowest BCUT2D eigenvalue weighted by Gasteiger charge is -2.20. The van der Waals surface area contributed by atoms with E-state index in [1.54, 1.807) is 11.3 Å². The summed E-state index contributed by atoms with van der Waals surface area (Å²) >= 11 is 1.60. The van der Waals surface area contributed by atoms with E-state index < -0.39 is 0 Å². The molecule has 1 saturated carbocycles. The highest BCUT2D eigenvalue weighted by Gasteiger charge is 2.24. The van der Waals surface area contributed by atoms with Crippen molar-refractivity contribution in [1.82, 2.24) is 14.9 Å². The molecular weight excluding hydrogens is 330 g/mol. The molecule has 1 aliphatic rings. The van der Waals surface area contributed by atoms with Gasteiger partial charge in [-0.15, -0.1) is 11.3 Å². The summed E-state index contributed by atoms with van der Waals surface area (Å²) in [4.78, 5) is 24.6. The molecule has 0 radical (unpaired) electrons. The van der Waals surface area contributed by atoms with E-state index in [1.807, 2.05) is 24.3 Å². The van der Waals surface area contributed by atoms with Crippen LogP contribution in [0.4, 0.5) is 0 Å². The fourth-order valence-corrected chi connectivity index (χ4v) is 4.28. The van der Waals surface area contributed by atoms with Gasteiger partial charge in [-0.1, -0.05) is 37.3 Å². The molecule has 4 rings (SSSR count). The van der Waals surface area contributed by atoms with E-state index in [-0.39, 0.29) is 5.56 Å². The van der Waals surface area contributed by atoms with Crippen molar-refractivity contribution in [2.45, 2.75) is 32.7 Å². The van der Waals surface area contributed by atoms with Crippen LogP contribution in [0.25, 0.3) is 20.7 Å². The number of benzene rings is 1. The minimum atomic E-state index is -0.0266. The molecule has 0 spiro atoms. The summed E-state index contributed by atoms with van der Waals surface area (Å²) in [5.74, 6) is 1.63. The zero-order valence-electron chi connectivity index (χ0n) is 14.5. The number of hydrogen-bond donors (Lipinski definition) is 1. The van der Waals surface area contributed by atoms with E-state index in [9.17, 15) is 4.79 Å². The highest BCUT2D eigenvalue weighted by atomic mass is 32.1. The average Bonchev–Trinajstić information content (AvgIpc) is 3.31. The molecule has 4 nitrogen and oxygen atoms in total. The van der Waals surface area contributed by atoms with E-state index >= 15 is 0 Å². The first-order valence-corrected chi connectivity index (χ1v) is 9.85. The van der Waals surface area contributed by atoms with E-state index in [4.69, 9.17) is 4.98 Å². The van der Waals surface area contributed by atoms with Crippen molar-refractivity contribution in [3.8, 4) is 10.4 Å². The van der Waals surface area contributed by atoms with Crippen LogP contribution in [0.1, 0.15) is 32.0 Å². The van der Waals surface area contributed by atoms with Gasteiger partial charge in [0.05, 0.1) is 11.9 Å². The minimum absolute atomic E-state index is 0.0266. The predicted molar refractivity (Wildman–Crippen MR) is 104 cm³/mol. The average molecular weight is 353 g/mol. The van der Waals surface area contributed by atoms with Crippen LogP contribution in [-0.2, 0) is 6.54 Å². The summed E-state index contributed by atoms with van der Waals surface area (Å²) in [5.41, 5.74) is 1.11. The maximum Gasteiger partial charge on any atom is 0.259 e. The van der Waals surface area contributed by atoms with Gasteiger partial charge in [-0.2, -0.15) is 0 Å². The third-order valence-electron chi connectivity index (χ3n) is 4.64. The van der Waals surface area contributed by atoms with Gasteiger partial charge in [-0.3, -0.25) is 9.69 Å². The Balaban J connectivity index is 1.63. The van der Waals surface area contributed by atoms with Crippen LogP contribution >= 0.6 is 11.3 Å². The van der Waals surface area contributed by atoms with Gasteiger partial charge in [0, 0.05) is 11.4 Å². The summed E-state index contributed by atoms with van der Waals surface area (Å²) in [5, 5.41) is 0.692. The van der Waals surface area contributed by atoms with Gasteiger partial charge in [0.1, 0.15) is 10.7 Å². The number of thiophene rings is 1. The highest BCUT2D eigenvalue weighted by molar-refractivity contribution is 7.21. The van der Waals surface area contributed by atoms with Gasteiger partial charge >= 0.3 is 0 Å². The normalized spacial score (nSPS) is 14.5. The predicted octanol–water partition coefficient (Wildman–Crippen LogP) is 4.27. The highest BCUT2D eigenvalue weighted by Crippen LogP contribution is 2.31. The van der Waals surface area contributed by atoms with Crippen molar-refractivity contribution in [3.63, 3.8) is 0 Å². The lowest BCUT2D eigenvalue weighted by atomic mass is 10.2. The molecule has 25 heavy (non-hydrogen) atoms. The zero-order valence-corrected chi connectivity index (χ0v) is 15.3. The minimum Gasteiger partial charge on any atom is -0.309 e. The molecule has 2 heterocycles. The van der Waals surface area contributed by atoms with Crippen molar-refractivity contribution in [2.75, 3.05) is 13.1 Å². The van der Waals surface area contributed by atoms with E-state index in [2.05, 4.69) is 28.9 Å². The summed E-state index contributed by atoms with van der Waals surface area (Å²) in [7, 11) is 0. The van der Waals surface area contributed by atoms with Crippen LogP contribution in [0, 0.1) is 5.92 Å². The molecular formula is C20H23N3OS. The molecule has 3 aromatic rings. The first kappa shape index (κ1) is 16.5. The van der Waals surface area contributed by atoms with Crippen molar-refractivity contribution >= 4 is 21.6 Å². The van der Waals surface area contributed by atoms with E-state index in [0.717, 1.165) is 53.1 Å². The second-order valence-electron chi connectivity index (χ2n) is 6.89. The van der Waals surface area contributed by atoms with Crippen molar-refractivity contribution < 1.29 is 0 Å². The fraction of sp³-hybridized carbons (Fsp3) is 0.400. The van der Waals surface area contributed by atoms with Gasteiger partial charge in [0.2, 0.25) is 0 Å². The Morgan fingerprint density at radius 1 is 1.28 bits per heavy atom. The third kappa shape index (κ3) is 3.83. The molecule has 2 aromatic heterocycles. The van der Waals surface area contributed by atoms with E-state index in [0.29, 0.717) is 5.39 Å². The van der Waals surface area contributed by atoms with Gasteiger partial charge < -0.3 is 4.98 Å². The Hall–Kier alpha value is -1.98. The second-order valence-corrected chi connectivity index (χ2v) is 7.92. The number of nitrogens with one attached hydrogen (secondary N) is 1. The molecule has 1 aromatic carbocycles. The van der Waals surface area contributed by atoms with E-state index in [1.165, 1.54) is 12.8 Å². The number of nitrogens with zero attached hydrogens (tertiary/aromatic N) is 2. The molecule has 0 saturated heterocycles. The number of aromatic nitrogens is 2. The van der Waals surface area contributed by atoms with Crippen molar-refractivity contribution in [1.29, 1.82) is 0 Å². The first-order valence-electron chi connectivity index (χ1n) is 9.03. The number of fused-ring (bicyclic) bond motifs is 1. The molecule has 1 fully saturated rings. The molecule has 1 aliphatic carbocycles. The molecule has 0 atom stereocenters. The topological polar surface area (TPSA) is 49.0 Å². The Morgan fingerprint density at radius 3 is 2.80 bits per heavy atom. The first-order chi connectivity index (χ1) is 12.2. The van der Waals surface area contributed by atoms with Crippen LogP contribution in [0.2, 0.25) is 0 Å². The van der Waals surface area contributed by atoms with Crippen LogP contribution in [-0.4, -0.2) is 28.0 Å². The SMILES string of the molecule is CCCN(Cc1nc2sc(-c3ccccc3)cc2c(=O)[nH]1)CC1CC1. The fourth-order valence-electron chi connectivity index (χ4n) is 3.22. The maximum absolute atomic E-state index is 12.5. The summed E-state index contributed by atoms with van der Waals surface area (Å²) in [6, 6.07) is 12.1. The molecule has 1 N–H and O–H groups in total. The zero-order chi connectivity index (χ0) is 17.2. The molecule has 130 valence electrons. The summed E-state index contributed by atoms with van der Waals surface area (Å²) in [6.07, 6.45) is 3.81. The molecule has 0 unspecified atom stereocenters. The Bertz CT molecular complexity index is 912. The summed E-state index contributed by atoms with van der Waals surface area (Å²) in [6.45, 7) is 5.10. The van der Waals surface area contributed by atoms with Gasteiger partial charge in [0.25, 0.3) is 5.56 Å². The quantitative estimate of drug-likeness (QED) is 0.690. The largest absolute Gasteiger partial charge is 0.309 e. The third-order valence-corrected chi connectivity index (χ3v) is 5.71. The van der Waals surface area contributed by atoms with Crippen LogP contribution < -0.4 is 5.56 Å². The van der Waals surface area contributed by atoms with Crippen molar-refractivity contribution in [2.24, 2.45) is 5.92 Å². The standard InChI is InChI=1S/C20H23N3OS/c1-2-10-23(12-14-8-9-14)13-18-21-19(24)16-11-17(25-20(16)22-18)15-6-4-3-5-7-15/h3-7,11,14H,2,8-10,12-13H2,1H3,(H,21,22,24). The molecule has 0 bridgehead atoms. The maximum atomic E-state index is 12.5. The van der Waals surface area contributed by atoms with Crippen LogP contribution in [0.3, 0.4) is 0 Å². The number of H-pyrrole nitrogens is 1. The smallest absolute Gasteiger partial charge is 0.259 e. The number of aromatic amines is 1. The number of rotatable bonds is 7. The lowest BCUT2D eigenvalue weighted by molar-refractivity contribution is 0.249. The van der Waals surface area contributed by atoms with Gasteiger partial charge in [-0.25, -0.2) is 4.98 Å². The van der Waals surface area contributed by atoms with Gasteiger partial charge in [-0.05, 0) is 43.4 Å². The van der Waals surface area contributed by atoms with Crippen LogP contribution in [0.5, 0.6) is 0 Å². The molecule has 5 heteroatoms. The van der Waals surface area contributed by atoms with Gasteiger partial charge in [0.15, 0.2) is 0 Å². The Kier molecular flexibility index (Phi) is 4.68.